The first-order valence-electron chi connectivity index (χ1n) is 14.8. The Balaban J connectivity index is 4.22. The number of hydrogen-bond acceptors (Lipinski definition) is 1. The van der Waals surface area contributed by atoms with Crippen LogP contribution in [0.1, 0.15) is 131 Å². The molecule has 1 nitrogen and oxygen atoms in total. The second-order valence-electron chi connectivity index (χ2n) is 10.6. The van der Waals surface area contributed by atoms with E-state index < -0.39 is 16.1 Å². The van der Waals surface area contributed by atoms with Crippen molar-refractivity contribution in [1.29, 1.82) is 0 Å². The quantitative estimate of drug-likeness (QED) is 0.117. The van der Waals surface area contributed by atoms with E-state index in [1.54, 1.807) is 6.42 Å². The lowest BCUT2D eigenvalue weighted by atomic mass is 10.0. The molecule has 0 fully saturated rings. The summed E-state index contributed by atoms with van der Waals surface area (Å²) in [6.45, 7) is 16.2. The molecule has 188 valence electrons. The van der Waals surface area contributed by atoms with Gasteiger partial charge in [-0.25, -0.2) is 0 Å². The first-order valence-corrected chi connectivity index (χ1v) is 20.2. The molecule has 0 aromatic rings. The standard InChI is InChI=1S/C28H63NSi2/c1-7-30(8-2,9-3)28(31(10-4,11-5)12-6)26-24-22-20-18-16-14-13-15-17-19-21-23-25-27-29/h28H,7-27,29H2,1-6H3. The topological polar surface area (TPSA) is 26.0 Å². The van der Waals surface area contributed by atoms with Gasteiger partial charge in [0.05, 0.1) is 16.1 Å². The minimum absolute atomic E-state index is 0.873. The van der Waals surface area contributed by atoms with Gasteiger partial charge in [0, 0.05) is 0 Å². The van der Waals surface area contributed by atoms with Crippen LogP contribution in [0.25, 0.3) is 0 Å². The van der Waals surface area contributed by atoms with Crippen LogP contribution in [0.15, 0.2) is 0 Å². The van der Waals surface area contributed by atoms with E-state index in [-0.39, 0.29) is 0 Å². The van der Waals surface area contributed by atoms with Gasteiger partial charge in [-0.05, 0) is 18.1 Å². The van der Waals surface area contributed by atoms with Crippen LogP contribution in [-0.2, 0) is 0 Å². The number of rotatable bonds is 23. The summed E-state index contributed by atoms with van der Waals surface area (Å²) in [4.78, 5) is 0. The van der Waals surface area contributed by atoms with Gasteiger partial charge in [0.15, 0.2) is 0 Å². The maximum Gasteiger partial charge on any atom is 0.0532 e. The monoisotopic (exact) mass is 469 g/mol. The second kappa shape index (κ2) is 19.8. The highest BCUT2D eigenvalue weighted by atomic mass is 28.4. The van der Waals surface area contributed by atoms with E-state index in [0.29, 0.717) is 0 Å². The minimum Gasteiger partial charge on any atom is -0.330 e. The SMILES string of the molecule is CC[Si](CC)(CC)C(CCCCCCCCCCCCCCCN)[Si](CC)(CC)CC. The molecule has 0 aliphatic heterocycles. The normalized spacial score (nSPS) is 12.8. The molecule has 0 saturated heterocycles. The second-order valence-corrected chi connectivity index (χ2v) is 22.2. The molecule has 0 bridgehead atoms. The fourth-order valence-electron chi connectivity index (χ4n) is 6.68. The molecule has 0 spiro atoms. The fraction of sp³-hybridized carbons (Fsp3) is 1.00. The van der Waals surface area contributed by atoms with Crippen molar-refractivity contribution in [2.24, 2.45) is 5.73 Å². The van der Waals surface area contributed by atoms with Crippen molar-refractivity contribution in [3.8, 4) is 0 Å². The third-order valence-electron chi connectivity index (χ3n) is 9.40. The summed E-state index contributed by atoms with van der Waals surface area (Å²) in [6.07, 6.45) is 20.3. The lowest BCUT2D eigenvalue weighted by Crippen LogP contribution is -2.52. The van der Waals surface area contributed by atoms with E-state index in [4.69, 9.17) is 5.73 Å². The van der Waals surface area contributed by atoms with E-state index in [1.165, 1.54) is 125 Å². The Morgan fingerprint density at radius 2 is 0.677 bits per heavy atom. The van der Waals surface area contributed by atoms with Gasteiger partial charge in [-0.2, -0.15) is 0 Å². The molecular formula is C28H63NSi2. The Morgan fingerprint density at radius 1 is 0.419 bits per heavy atom. The van der Waals surface area contributed by atoms with E-state index in [0.717, 1.165) is 6.54 Å². The van der Waals surface area contributed by atoms with E-state index >= 15 is 0 Å². The predicted molar refractivity (Wildman–Crippen MR) is 152 cm³/mol. The largest absolute Gasteiger partial charge is 0.330 e. The molecule has 0 amide bonds. The van der Waals surface area contributed by atoms with Gasteiger partial charge in [-0.1, -0.05) is 161 Å². The number of hydrogen-bond donors (Lipinski definition) is 1. The Kier molecular flexibility index (Phi) is 20.1. The van der Waals surface area contributed by atoms with Crippen LogP contribution < -0.4 is 5.73 Å². The summed E-state index contributed by atoms with van der Waals surface area (Å²) >= 11 is 0. The van der Waals surface area contributed by atoms with E-state index in [1.807, 2.05) is 0 Å². The summed E-state index contributed by atoms with van der Waals surface area (Å²) in [6, 6.07) is 9.20. The fourth-order valence-corrected chi connectivity index (χ4v) is 23.1. The van der Waals surface area contributed by atoms with Gasteiger partial charge in [0.2, 0.25) is 0 Å². The number of nitrogens with two attached hydrogens (primary N) is 1. The molecule has 0 aliphatic carbocycles. The molecule has 0 aliphatic rings. The molecule has 0 rings (SSSR count). The average molecular weight is 470 g/mol. The molecule has 2 N–H and O–H groups in total. The molecule has 0 heterocycles. The van der Waals surface area contributed by atoms with Gasteiger partial charge in [-0.15, -0.1) is 0 Å². The zero-order valence-electron chi connectivity index (χ0n) is 23.0. The van der Waals surface area contributed by atoms with Gasteiger partial charge in [0.1, 0.15) is 0 Å². The third kappa shape index (κ3) is 11.4. The summed E-state index contributed by atoms with van der Waals surface area (Å²) in [5.41, 5.74) is 5.56. The highest BCUT2D eigenvalue weighted by Gasteiger charge is 2.47. The maximum absolute atomic E-state index is 5.56. The van der Waals surface area contributed by atoms with Crippen LogP contribution >= 0.6 is 0 Å². The third-order valence-corrected chi connectivity index (χ3v) is 25.1. The molecule has 0 aromatic heterocycles. The van der Waals surface area contributed by atoms with Crippen molar-refractivity contribution >= 4 is 16.1 Å². The summed E-state index contributed by atoms with van der Waals surface area (Å²) in [5.74, 6) is 0. The van der Waals surface area contributed by atoms with Crippen LogP contribution in [0.4, 0.5) is 0 Å². The van der Waals surface area contributed by atoms with Crippen LogP contribution in [-0.4, -0.2) is 22.7 Å². The van der Waals surface area contributed by atoms with Crippen molar-refractivity contribution in [3.63, 3.8) is 0 Å². The molecule has 0 radical (unpaired) electrons. The van der Waals surface area contributed by atoms with Gasteiger partial charge < -0.3 is 5.73 Å². The van der Waals surface area contributed by atoms with Crippen molar-refractivity contribution in [2.75, 3.05) is 6.54 Å². The van der Waals surface area contributed by atoms with Crippen LogP contribution in [0.5, 0.6) is 0 Å². The summed E-state index contributed by atoms with van der Waals surface area (Å²) in [5, 5.41) is 1.19. The van der Waals surface area contributed by atoms with E-state index in [9.17, 15) is 0 Å². The number of unbranched alkanes of at least 4 members (excludes halogenated alkanes) is 12. The van der Waals surface area contributed by atoms with Crippen molar-refractivity contribution in [3.05, 3.63) is 0 Å². The zero-order chi connectivity index (χ0) is 23.4. The van der Waals surface area contributed by atoms with Crippen LogP contribution in [0.3, 0.4) is 0 Å². The first kappa shape index (κ1) is 31.4. The van der Waals surface area contributed by atoms with Gasteiger partial charge in [-0.3, -0.25) is 0 Å². The zero-order valence-corrected chi connectivity index (χ0v) is 25.0. The highest BCUT2D eigenvalue weighted by molar-refractivity contribution is 6.99. The molecule has 3 heteroatoms. The molecule has 0 atom stereocenters. The minimum atomic E-state index is -1.09. The van der Waals surface area contributed by atoms with E-state index in [2.05, 4.69) is 41.5 Å². The van der Waals surface area contributed by atoms with Crippen molar-refractivity contribution in [1.82, 2.24) is 0 Å². The summed E-state index contributed by atoms with van der Waals surface area (Å²) in [7, 11) is -2.19. The first-order chi connectivity index (χ1) is 15.1. The lowest BCUT2D eigenvalue weighted by Gasteiger charge is -2.48. The van der Waals surface area contributed by atoms with Crippen LogP contribution in [0, 0.1) is 0 Å². The summed E-state index contributed by atoms with van der Waals surface area (Å²) < 4.78 is 0. The van der Waals surface area contributed by atoms with Crippen LogP contribution in [0.2, 0.25) is 41.4 Å². The van der Waals surface area contributed by atoms with Crippen molar-refractivity contribution < 1.29 is 0 Å². The van der Waals surface area contributed by atoms with Gasteiger partial charge >= 0.3 is 0 Å². The highest BCUT2D eigenvalue weighted by Crippen LogP contribution is 2.47. The maximum atomic E-state index is 5.56. The van der Waals surface area contributed by atoms with Crippen molar-refractivity contribution in [2.45, 2.75) is 173 Å². The Morgan fingerprint density at radius 3 is 0.935 bits per heavy atom. The molecule has 0 aromatic carbocycles. The molecule has 31 heavy (non-hydrogen) atoms. The molecule has 0 unspecified atom stereocenters. The average Bonchev–Trinajstić information content (AvgIpc) is 2.81. The Bertz CT molecular complexity index is 341. The smallest absolute Gasteiger partial charge is 0.0532 e. The molecule has 0 saturated carbocycles. The predicted octanol–water partition coefficient (Wildman–Crippen LogP) is 10.3. The Labute approximate surface area is 201 Å². The lowest BCUT2D eigenvalue weighted by molar-refractivity contribution is 0.534. The Hall–Kier alpha value is 0.394. The molecular weight excluding hydrogens is 406 g/mol. The van der Waals surface area contributed by atoms with Gasteiger partial charge in [0.25, 0.3) is 0 Å².